The molecule has 0 fully saturated rings. The van der Waals surface area contributed by atoms with Gasteiger partial charge in [-0.1, -0.05) is 65.1 Å². The van der Waals surface area contributed by atoms with E-state index in [4.69, 9.17) is 34.8 Å². The van der Waals surface area contributed by atoms with E-state index in [0.29, 0.717) is 20.8 Å². The van der Waals surface area contributed by atoms with Crippen molar-refractivity contribution in [3.8, 4) is 0 Å². The molecule has 0 amide bonds. The molecule has 21 heavy (non-hydrogen) atoms. The molecule has 0 radical (unpaired) electrons. The van der Waals surface area contributed by atoms with E-state index < -0.39 is 0 Å². The molecular formula is C15H10BrCl3N2. The van der Waals surface area contributed by atoms with E-state index >= 15 is 0 Å². The third kappa shape index (κ3) is 5.04. The van der Waals surface area contributed by atoms with Gasteiger partial charge in [-0.25, -0.2) is 0 Å². The SMILES string of the molecule is Clc1cc(Cl)c(N/N=C\C(Br)=C\c2ccccc2)c(Cl)c1. The van der Waals surface area contributed by atoms with E-state index in [1.54, 1.807) is 18.3 Å². The lowest BCUT2D eigenvalue weighted by Gasteiger charge is -2.06. The second kappa shape index (κ2) is 7.85. The average Bonchev–Trinajstić information content (AvgIpc) is 2.42. The largest absolute Gasteiger partial charge is 0.275 e. The zero-order valence-corrected chi connectivity index (χ0v) is 14.5. The fourth-order valence-corrected chi connectivity index (χ4v) is 2.82. The van der Waals surface area contributed by atoms with Gasteiger partial charge in [0.2, 0.25) is 0 Å². The molecule has 1 N–H and O–H groups in total. The van der Waals surface area contributed by atoms with Crippen LogP contribution < -0.4 is 5.43 Å². The molecule has 108 valence electrons. The zero-order chi connectivity index (χ0) is 15.2. The van der Waals surface area contributed by atoms with Crippen molar-refractivity contribution in [2.24, 2.45) is 5.10 Å². The van der Waals surface area contributed by atoms with Crippen molar-refractivity contribution in [1.82, 2.24) is 0 Å². The maximum Gasteiger partial charge on any atom is 0.0935 e. The van der Waals surface area contributed by atoms with Crippen LogP contribution in [0.5, 0.6) is 0 Å². The first-order valence-corrected chi connectivity index (χ1v) is 7.85. The van der Waals surface area contributed by atoms with Crippen LogP contribution in [0.15, 0.2) is 52.0 Å². The summed E-state index contributed by atoms with van der Waals surface area (Å²) >= 11 is 21.4. The summed E-state index contributed by atoms with van der Waals surface area (Å²) in [4.78, 5) is 0. The molecule has 0 heterocycles. The first-order valence-electron chi connectivity index (χ1n) is 5.92. The molecule has 2 aromatic carbocycles. The first kappa shape index (κ1) is 16.4. The number of allylic oxidation sites excluding steroid dienone is 1. The van der Waals surface area contributed by atoms with Gasteiger partial charge in [-0.3, -0.25) is 5.43 Å². The van der Waals surface area contributed by atoms with E-state index in [9.17, 15) is 0 Å². The van der Waals surface area contributed by atoms with Gasteiger partial charge in [-0.15, -0.1) is 0 Å². The Morgan fingerprint density at radius 1 is 1.05 bits per heavy atom. The van der Waals surface area contributed by atoms with Gasteiger partial charge < -0.3 is 0 Å². The molecule has 6 heteroatoms. The van der Waals surface area contributed by atoms with Crippen molar-refractivity contribution >= 4 is 68.7 Å². The highest BCUT2D eigenvalue weighted by atomic mass is 79.9. The van der Waals surface area contributed by atoms with Crippen LogP contribution in [0.4, 0.5) is 5.69 Å². The highest BCUT2D eigenvalue weighted by molar-refractivity contribution is 9.12. The van der Waals surface area contributed by atoms with E-state index in [1.807, 2.05) is 36.4 Å². The number of halogens is 4. The number of hydrogen-bond acceptors (Lipinski definition) is 2. The number of anilines is 1. The lowest BCUT2D eigenvalue weighted by Crippen LogP contribution is -1.92. The maximum atomic E-state index is 6.05. The van der Waals surface area contributed by atoms with E-state index in [0.717, 1.165) is 10.0 Å². The normalized spacial score (nSPS) is 11.9. The molecule has 0 aromatic heterocycles. The summed E-state index contributed by atoms with van der Waals surface area (Å²) in [6, 6.07) is 13.1. The lowest BCUT2D eigenvalue weighted by atomic mass is 10.2. The second-order valence-corrected chi connectivity index (χ2v) is 6.22. The Labute approximate surface area is 146 Å². The minimum Gasteiger partial charge on any atom is -0.275 e. The Morgan fingerprint density at radius 2 is 1.67 bits per heavy atom. The Morgan fingerprint density at radius 3 is 2.29 bits per heavy atom. The summed E-state index contributed by atoms with van der Waals surface area (Å²) in [5, 5.41) is 5.38. The lowest BCUT2D eigenvalue weighted by molar-refractivity contribution is 1.35. The summed E-state index contributed by atoms with van der Waals surface area (Å²) in [5.74, 6) is 0. The number of benzene rings is 2. The van der Waals surface area contributed by atoms with Crippen LogP contribution in [0, 0.1) is 0 Å². The topological polar surface area (TPSA) is 24.4 Å². The minimum atomic E-state index is 0.410. The van der Waals surface area contributed by atoms with Crippen LogP contribution >= 0.6 is 50.7 Å². The van der Waals surface area contributed by atoms with Crippen molar-refractivity contribution in [3.63, 3.8) is 0 Å². The molecule has 2 nitrogen and oxygen atoms in total. The van der Waals surface area contributed by atoms with Crippen molar-refractivity contribution in [2.45, 2.75) is 0 Å². The third-order valence-corrected chi connectivity index (χ3v) is 3.72. The Hall–Kier alpha value is -1.00. The van der Waals surface area contributed by atoms with Gasteiger partial charge in [0.1, 0.15) is 0 Å². The fraction of sp³-hybridized carbons (Fsp3) is 0. The summed E-state index contributed by atoms with van der Waals surface area (Å²) in [6.45, 7) is 0. The molecule has 0 unspecified atom stereocenters. The van der Waals surface area contributed by atoms with Gasteiger partial charge in [-0.05, 0) is 39.7 Å². The highest BCUT2D eigenvalue weighted by Gasteiger charge is 2.06. The fourth-order valence-electron chi connectivity index (χ4n) is 1.55. The molecule has 0 spiro atoms. The molecule has 0 bridgehead atoms. The molecule has 2 aromatic rings. The molecule has 0 atom stereocenters. The minimum absolute atomic E-state index is 0.410. The zero-order valence-electron chi connectivity index (χ0n) is 10.7. The van der Waals surface area contributed by atoms with Crippen LogP contribution in [0.2, 0.25) is 15.1 Å². The number of rotatable bonds is 4. The quantitative estimate of drug-likeness (QED) is 0.458. The summed E-state index contributed by atoms with van der Waals surface area (Å²) in [6.07, 6.45) is 3.56. The average molecular weight is 405 g/mol. The van der Waals surface area contributed by atoms with Crippen LogP contribution in [-0.4, -0.2) is 6.21 Å². The molecule has 0 saturated heterocycles. The highest BCUT2D eigenvalue weighted by Crippen LogP contribution is 2.33. The molecule has 0 aliphatic heterocycles. The van der Waals surface area contributed by atoms with Gasteiger partial charge >= 0.3 is 0 Å². The first-order chi connectivity index (χ1) is 10.1. The number of nitrogens with zero attached hydrogens (tertiary/aromatic N) is 1. The monoisotopic (exact) mass is 402 g/mol. The molecular weight excluding hydrogens is 394 g/mol. The van der Waals surface area contributed by atoms with Gasteiger partial charge in [0.25, 0.3) is 0 Å². The van der Waals surface area contributed by atoms with Crippen LogP contribution in [0.25, 0.3) is 6.08 Å². The van der Waals surface area contributed by atoms with Gasteiger partial charge in [0.05, 0.1) is 21.9 Å². The van der Waals surface area contributed by atoms with Crippen molar-refractivity contribution in [2.75, 3.05) is 5.43 Å². The van der Waals surface area contributed by atoms with Crippen LogP contribution in [0.3, 0.4) is 0 Å². The van der Waals surface area contributed by atoms with E-state index in [2.05, 4.69) is 26.5 Å². The Kier molecular flexibility index (Phi) is 6.12. The molecule has 0 aliphatic rings. The summed E-state index contributed by atoms with van der Waals surface area (Å²) < 4.78 is 0.808. The van der Waals surface area contributed by atoms with Crippen LogP contribution in [-0.2, 0) is 0 Å². The Balaban J connectivity index is 2.08. The van der Waals surface area contributed by atoms with Crippen molar-refractivity contribution in [3.05, 3.63) is 67.6 Å². The van der Waals surface area contributed by atoms with Crippen LogP contribution in [0.1, 0.15) is 5.56 Å². The number of nitrogens with one attached hydrogen (secondary N) is 1. The van der Waals surface area contributed by atoms with E-state index in [1.165, 1.54) is 0 Å². The molecule has 0 aliphatic carbocycles. The summed E-state index contributed by atoms with van der Waals surface area (Å²) in [7, 11) is 0. The number of hydrogen-bond donors (Lipinski definition) is 1. The van der Waals surface area contributed by atoms with Gasteiger partial charge in [-0.2, -0.15) is 5.10 Å². The Bertz CT molecular complexity index is 662. The predicted octanol–water partition coefficient (Wildman–Crippen LogP) is 6.48. The number of hydrazone groups is 1. The van der Waals surface area contributed by atoms with Gasteiger partial charge in [0.15, 0.2) is 0 Å². The van der Waals surface area contributed by atoms with Crippen molar-refractivity contribution < 1.29 is 0 Å². The predicted molar refractivity (Wildman–Crippen MR) is 96.9 cm³/mol. The van der Waals surface area contributed by atoms with Gasteiger partial charge in [0, 0.05) is 9.51 Å². The molecule has 2 rings (SSSR count). The summed E-state index contributed by atoms with van der Waals surface area (Å²) in [5.41, 5.74) is 4.38. The van der Waals surface area contributed by atoms with Crippen molar-refractivity contribution in [1.29, 1.82) is 0 Å². The standard InChI is InChI=1S/C15H10BrCl3N2/c16-11(6-10-4-2-1-3-5-10)9-20-21-15-13(18)7-12(17)8-14(15)19/h1-9,21H/b11-6-,20-9-. The smallest absolute Gasteiger partial charge is 0.0935 e. The second-order valence-electron chi connectivity index (χ2n) is 4.05. The maximum absolute atomic E-state index is 6.05. The third-order valence-electron chi connectivity index (χ3n) is 2.48. The van der Waals surface area contributed by atoms with E-state index in [-0.39, 0.29) is 0 Å². The molecule has 0 saturated carbocycles.